The maximum atomic E-state index is 12.2. The van der Waals surface area contributed by atoms with Gasteiger partial charge in [0.1, 0.15) is 12.0 Å². The second kappa shape index (κ2) is 8.53. The van der Waals surface area contributed by atoms with Gasteiger partial charge in [-0.15, -0.1) is 0 Å². The van der Waals surface area contributed by atoms with Gasteiger partial charge in [0, 0.05) is 32.0 Å². The fourth-order valence-corrected chi connectivity index (χ4v) is 2.87. The fourth-order valence-electron chi connectivity index (χ4n) is 2.87. The lowest BCUT2D eigenvalue weighted by atomic mass is 10.2. The lowest BCUT2D eigenvalue weighted by molar-refractivity contribution is -0.123. The van der Waals surface area contributed by atoms with E-state index in [1.807, 2.05) is 12.1 Å². The van der Waals surface area contributed by atoms with E-state index in [4.69, 9.17) is 13.9 Å². The molecule has 26 heavy (non-hydrogen) atoms. The molecule has 0 atom stereocenters. The van der Waals surface area contributed by atoms with Crippen molar-refractivity contribution < 1.29 is 18.7 Å². The van der Waals surface area contributed by atoms with Crippen molar-refractivity contribution in [2.75, 3.05) is 38.3 Å². The van der Waals surface area contributed by atoms with Crippen LogP contribution in [0.25, 0.3) is 0 Å². The lowest BCUT2D eigenvalue weighted by Crippen LogP contribution is -2.32. The Morgan fingerprint density at radius 2 is 2.19 bits per heavy atom. The Morgan fingerprint density at radius 3 is 3.00 bits per heavy atom. The molecule has 1 aliphatic heterocycles. The van der Waals surface area contributed by atoms with Gasteiger partial charge < -0.3 is 24.1 Å². The monoisotopic (exact) mass is 358 g/mol. The molecule has 3 rings (SSSR count). The van der Waals surface area contributed by atoms with E-state index < -0.39 is 0 Å². The number of ether oxygens (including phenoxy) is 2. The summed E-state index contributed by atoms with van der Waals surface area (Å²) >= 11 is 0. The molecule has 0 fully saturated rings. The van der Waals surface area contributed by atoms with Gasteiger partial charge >= 0.3 is 0 Å². The predicted octanol–water partition coefficient (Wildman–Crippen LogP) is 1.34. The Bertz CT molecular complexity index is 818. The van der Waals surface area contributed by atoms with Crippen LogP contribution in [0.1, 0.15) is 11.3 Å². The Balaban J connectivity index is 1.56. The van der Waals surface area contributed by atoms with Gasteiger partial charge in [-0.25, -0.2) is 0 Å². The van der Waals surface area contributed by atoms with Crippen molar-refractivity contribution in [3.63, 3.8) is 0 Å². The van der Waals surface area contributed by atoms with E-state index in [2.05, 4.69) is 22.3 Å². The number of benzene rings is 1. The van der Waals surface area contributed by atoms with Crippen LogP contribution in [-0.2, 0) is 22.5 Å². The molecule has 0 bridgehead atoms. The first-order valence-electron chi connectivity index (χ1n) is 8.50. The van der Waals surface area contributed by atoms with Crippen molar-refractivity contribution >= 4 is 11.6 Å². The summed E-state index contributed by atoms with van der Waals surface area (Å²) in [7, 11) is 1.55. The van der Waals surface area contributed by atoms with Gasteiger partial charge in [-0.2, -0.15) is 0 Å². The molecule has 7 heteroatoms. The second-order valence-electron chi connectivity index (χ2n) is 6.01. The van der Waals surface area contributed by atoms with E-state index in [0.29, 0.717) is 25.5 Å². The molecular formula is C19H22N2O5. The van der Waals surface area contributed by atoms with E-state index in [-0.39, 0.29) is 23.7 Å². The summed E-state index contributed by atoms with van der Waals surface area (Å²) < 4.78 is 15.6. The topological polar surface area (TPSA) is 81.0 Å². The van der Waals surface area contributed by atoms with Gasteiger partial charge in [0.05, 0.1) is 13.2 Å². The molecule has 2 aromatic rings. The fraction of sp³-hybridized carbons (Fsp3) is 0.368. The molecule has 0 radical (unpaired) electrons. The van der Waals surface area contributed by atoms with Crippen LogP contribution in [0.5, 0.6) is 5.75 Å². The van der Waals surface area contributed by atoms with Crippen LogP contribution in [0.3, 0.4) is 0 Å². The third kappa shape index (κ3) is 4.43. The Labute approximate surface area is 151 Å². The lowest BCUT2D eigenvalue weighted by Gasteiger charge is -2.18. The molecule has 0 spiro atoms. The number of rotatable bonds is 8. The van der Waals surface area contributed by atoms with E-state index in [9.17, 15) is 9.59 Å². The average Bonchev–Trinajstić information content (AvgIpc) is 3.04. The van der Waals surface area contributed by atoms with E-state index in [1.54, 1.807) is 7.11 Å². The molecule has 2 heterocycles. The zero-order valence-corrected chi connectivity index (χ0v) is 14.7. The molecule has 1 aromatic carbocycles. The minimum atomic E-state index is -0.320. The number of carbonyl (C=O) groups is 1. The summed E-state index contributed by atoms with van der Waals surface area (Å²) in [4.78, 5) is 25.9. The molecule has 138 valence electrons. The summed E-state index contributed by atoms with van der Waals surface area (Å²) in [6.07, 6.45) is 2.25. The zero-order chi connectivity index (χ0) is 18.4. The summed E-state index contributed by atoms with van der Waals surface area (Å²) in [6.45, 7) is 1.98. The molecule has 0 unspecified atom stereocenters. The molecule has 0 saturated heterocycles. The molecule has 1 amide bonds. The first-order valence-corrected chi connectivity index (χ1v) is 8.50. The molecule has 1 aromatic heterocycles. The number of para-hydroxylation sites is 1. The molecule has 7 nitrogen and oxygen atoms in total. The zero-order valence-electron chi connectivity index (χ0n) is 14.7. The number of amides is 1. The highest BCUT2D eigenvalue weighted by molar-refractivity contribution is 5.77. The van der Waals surface area contributed by atoms with E-state index in [0.717, 1.165) is 13.0 Å². The summed E-state index contributed by atoms with van der Waals surface area (Å²) in [6, 6.07) is 9.63. The summed E-state index contributed by atoms with van der Waals surface area (Å²) in [5.74, 6) is 0.264. The first-order chi connectivity index (χ1) is 12.7. The largest absolute Gasteiger partial charge is 0.477 e. The Kier molecular flexibility index (Phi) is 5.91. The third-order valence-corrected chi connectivity index (χ3v) is 4.17. The van der Waals surface area contributed by atoms with Gasteiger partial charge in [-0.1, -0.05) is 18.2 Å². The SMILES string of the molecule is COCCNC(=O)COc1coc(CN2CCc3ccccc32)cc1=O. The highest BCUT2D eigenvalue weighted by atomic mass is 16.5. The number of nitrogens with one attached hydrogen (secondary N) is 1. The molecule has 1 N–H and O–H groups in total. The molecule has 1 aliphatic rings. The first kappa shape index (κ1) is 18.0. The predicted molar refractivity (Wildman–Crippen MR) is 96.6 cm³/mol. The van der Waals surface area contributed by atoms with Gasteiger partial charge in [-0.05, 0) is 18.1 Å². The maximum Gasteiger partial charge on any atom is 0.258 e. The second-order valence-corrected chi connectivity index (χ2v) is 6.01. The summed E-state index contributed by atoms with van der Waals surface area (Å²) in [5.41, 5.74) is 2.17. The number of carbonyl (C=O) groups excluding carboxylic acids is 1. The number of nitrogens with zero attached hydrogens (tertiary/aromatic N) is 1. The Hall–Kier alpha value is -2.80. The smallest absolute Gasteiger partial charge is 0.258 e. The normalized spacial score (nSPS) is 12.7. The van der Waals surface area contributed by atoms with Crippen LogP contribution >= 0.6 is 0 Å². The number of hydrogen-bond acceptors (Lipinski definition) is 6. The highest BCUT2D eigenvalue weighted by Gasteiger charge is 2.19. The van der Waals surface area contributed by atoms with E-state index in [1.165, 1.54) is 23.6 Å². The van der Waals surface area contributed by atoms with Crippen LogP contribution in [0.2, 0.25) is 0 Å². The number of anilines is 1. The quantitative estimate of drug-likeness (QED) is 0.718. The average molecular weight is 358 g/mol. The summed E-state index contributed by atoms with van der Waals surface area (Å²) in [5, 5.41) is 2.61. The van der Waals surface area contributed by atoms with Crippen molar-refractivity contribution in [1.82, 2.24) is 5.32 Å². The van der Waals surface area contributed by atoms with Crippen LogP contribution in [0.15, 0.2) is 45.8 Å². The highest BCUT2D eigenvalue weighted by Crippen LogP contribution is 2.28. The van der Waals surface area contributed by atoms with Crippen LogP contribution < -0.4 is 20.4 Å². The van der Waals surface area contributed by atoms with E-state index >= 15 is 0 Å². The minimum absolute atomic E-state index is 0.0254. The third-order valence-electron chi connectivity index (χ3n) is 4.17. The van der Waals surface area contributed by atoms with Gasteiger partial charge in [0.15, 0.2) is 6.61 Å². The number of fused-ring (bicyclic) bond motifs is 1. The molecular weight excluding hydrogens is 336 g/mol. The van der Waals surface area contributed by atoms with Crippen molar-refractivity contribution in [1.29, 1.82) is 0 Å². The van der Waals surface area contributed by atoms with Crippen LogP contribution in [0, 0.1) is 0 Å². The van der Waals surface area contributed by atoms with Gasteiger partial charge in [0.25, 0.3) is 5.91 Å². The van der Waals surface area contributed by atoms with Crippen LogP contribution in [-0.4, -0.2) is 39.3 Å². The Morgan fingerprint density at radius 1 is 1.35 bits per heavy atom. The minimum Gasteiger partial charge on any atom is -0.477 e. The van der Waals surface area contributed by atoms with Crippen molar-refractivity contribution in [3.05, 3.63) is 58.1 Å². The van der Waals surface area contributed by atoms with Crippen LogP contribution in [0.4, 0.5) is 5.69 Å². The van der Waals surface area contributed by atoms with Crippen molar-refractivity contribution in [2.24, 2.45) is 0 Å². The maximum absolute atomic E-state index is 12.2. The number of hydrogen-bond donors (Lipinski definition) is 1. The molecule has 0 saturated carbocycles. The van der Waals surface area contributed by atoms with Gasteiger partial charge in [-0.3, -0.25) is 9.59 Å². The standard InChI is InChI=1S/C19H22N2O5/c1-24-9-7-20-19(23)13-26-18-12-25-15(10-17(18)22)11-21-8-6-14-4-2-3-5-16(14)21/h2-5,10,12H,6-9,11,13H2,1H3,(H,20,23). The molecule has 0 aliphatic carbocycles. The van der Waals surface area contributed by atoms with Gasteiger partial charge in [0.2, 0.25) is 11.2 Å². The van der Waals surface area contributed by atoms with Crippen molar-refractivity contribution in [2.45, 2.75) is 13.0 Å². The van der Waals surface area contributed by atoms with Crippen molar-refractivity contribution in [3.8, 4) is 5.75 Å². The number of methoxy groups -OCH3 is 1.